The van der Waals surface area contributed by atoms with Crippen LogP contribution in [0.15, 0.2) is 59.4 Å². The van der Waals surface area contributed by atoms with E-state index in [-0.39, 0.29) is 11.8 Å². The van der Waals surface area contributed by atoms with Crippen molar-refractivity contribution in [2.45, 2.75) is 26.4 Å². The number of halogens is 2. The van der Waals surface area contributed by atoms with Crippen LogP contribution in [0.2, 0.25) is 5.02 Å². The van der Waals surface area contributed by atoms with E-state index in [2.05, 4.69) is 10.4 Å². The van der Waals surface area contributed by atoms with Crippen molar-refractivity contribution in [2.75, 3.05) is 5.32 Å². The lowest BCUT2D eigenvalue weighted by molar-refractivity contribution is -0.123. The fourth-order valence-corrected chi connectivity index (χ4v) is 2.91. The number of aromatic nitrogens is 2. The third kappa shape index (κ3) is 5.00. The van der Waals surface area contributed by atoms with Gasteiger partial charge in [0.05, 0.1) is 16.4 Å². The number of hydrogen-bond donors (Lipinski definition) is 1. The van der Waals surface area contributed by atoms with Gasteiger partial charge in [0.15, 0.2) is 6.10 Å². The highest BCUT2D eigenvalue weighted by Crippen LogP contribution is 2.23. The number of carbonyl (C=O) groups excluding carboxylic acids is 1. The molecule has 1 atom stereocenters. The minimum absolute atomic E-state index is 0.0888. The lowest BCUT2D eigenvalue weighted by Crippen LogP contribution is -2.33. The van der Waals surface area contributed by atoms with Crippen molar-refractivity contribution in [3.05, 3.63) is 81.4 Å². The number of rotatable bonds is 6. The van der Waals surface area contributed by atoms with Crippen LogP contribution in [0, 0.1) is 12.7 Å². The molecule has 0 fully saturated rings. The number of hydrogen-bond acceptors (Lipinski definition) is 4. The van der Waals surface area contributed by atoms with E-state index >= 15 is 0 Å². The summed E-state index contributed by atoms with van der Waals surface area (Å²) < 4.78 is 19.9. The highest BCUT2D eigenvalue weighted by atomic mass is 35.5. The van der Waals surface area contributed by atoms with E-state index in [4.69, 9.17) is 16.3 Å². The summed E-state index contributed by atoms with van der Waals surface area (Å²) in [5.74, 6) is -0.725. The Morgan fingerprint density at radius 1 is 1.21 bits per heavy atom. The minimum Gasteiger partial charge on any atom is -0.463 e. The van der Waals surface area contributed by atoms with Crippen LogP contribution in [0.4, 0.5) is 10.1 Å². The predicted molar refractivity (Wildman–Crippen MR) is 109 cm³/mol. The molecule has 1 N–H and O–H groups in total. The molecule has 0 aliphatic rings. The number of amides is 1. The molecule has 8 heteroatoms. The van der Waals surface area contributed by atoms with E-state index in [0.29, 0.717) is 22.8 Å². The molecule has 150 valence electrons. The Balaban J connectivity index is 1.79. The molecule has 0 unspecified atom stereocenters. The number of nitrogens with one attached hydrogen (secondary N) is 1. The molecule has 1 heterocycles. The molecule has 0 aliphatic heterocycles. The summed E-state index contributed by atoms with van der Waals surface area (Å²) in [5, 5.41) is 7.30. The molecule has 1 amide bonds. The predicted octanol–water partition coefficient (Wildman–Crippen LogP) is 4.13. The Bertz CT molecular complexity index is 1080. The average molecular weight is 416 g/mol. The number of ether oxygens (including phenoxy) is 1. The average Bonchev–Trinajstić information content (AvgIpc) is 2.70. The third-order valence-electron chi connectivity index (χ3n) is 4.16. The summed E-state index contributed by atoms with van der Waals surface area (Å²) in [4.78, 5) is 24.7. The van der Waals surface area contributed by atoms with Gasteiger partial charge in [-0.05, 0) is 55.3 Å². The van der Waals surface area contributed by atoms with Gasteiger partial charge in [-0.15, -0.1) is 5.10 Å². The van der Waals surface area contributed by atoms with E-state index in [1.54, 1.807) is 19.1 Å². The van der Waals surface area contributed by atoms with Crippen molar-refractivity contribution in [1.82, 2.24) is 9.78 Å². The van der Waals surface area contributed by atoms with E-state index < -0.39 is 17.5 Å². The van der Waals surface area contributed by atoms with Crippen LogP contribution in [-0.4, -0.2) is 21.8 Å². The normalized spacial score (nSPS) is 11.7. The van der Waals surface area contributed by atoms with Gasteiger partial charge in [-0.2, -0.15) is 4.68 Å². The van der Waals surface area contributed by atoms with Gasteiger partial charge >= 0.3 is 0 Å². The molecule has 29 heavy (non-hydrogen) atoms. The number of benzene rings is 2. The summed E-state index contributed by atoms with van der Waals surface area (Å²) in [7, 11) is 0. The Morgan fingerprint density at radius 2 is 1.93 bits per heavy atom. The first-order chi connectivity index (χ1) is 13.9. The molecule has 3 rings (SSSR count). The molecular weight excluding hydrogens is 397 g/mol. The maximum atomic E-state index is 13.1. The molecule has 0 saturated carbocycles. The Hall–Kier alpha value is -3.19. The molecule has 0 saturated heterocycles. The Morgan fingerprint density at radius 3 is 2.59 bits per heavy atom. The van der Waals surface area contributed by atoms with Gasteiger partial charge in [-0.3, -0.25) is 9.59 Å². The molecule has 0 spiro atoms. The van der Waals surface area contributed by atoms with Gasteiger partial charge in [0.25, 0.3) is 11.5 Å². The molecule has 2 aromatic carbocycles. The van der Waals surface area contributed by atoms with Crippen molar-refractivity contribution in [1.29, 1.82) is 0 Å². The summed E-state index contributed by atoms with van der Waals surface area (Å²) in [6, 6.07) is 13.3. The number of carbonyl (C=O) groups is 1. The van der Waals surface area contributed by atoms with Crippen molar-refractivity contribution in [3.8, 4) is 11.6 Å². The first-order valence-corrected chi connectivity index (χ1v) is 9.35. The van der Waals surface area contributed by atoms with Crippen molar-refractivity contribution in [3.63, 3.8) is 0 Å². The SMILES string of the molecule is CC[C@H](Oc1ccc(=O)n(-c2ccc(F)cc2)n1)C(=O)Nc1ccc(C)cc1Cl. The van der Waals surface area contributed by atoms with Crippen LogP contribution >= 0.6 is 11.6 Å². The second-order valence-electron chi connectivity index (χ2n) is 6.39. The first-order valence-electron chi connectivity index (χ1n) is 8.97. The highest BCUT2D eigenvalue weighted by molar-refractivity contribution is 6.33. The van der Waals surface area contributed by atoms with Crippen LogP contribution in [0.3, 0.4) is 0 Å². The molecule has 6 nitrogen and oxygen atoms in total. The van der Waals surface area contributed by atoms with Crippen LogP contribution in [0.1, 0.15) is 18.9 Å². The van der Waals surface area contributed by atoms with E-state index in [1.165, 1.54) is 36.4 Å². The molecular formula is C21H19ClFN3O3. The van der Waals surface area contributed by atoms with E-state index in [9.17, 15) is 14.0 Å². The number of anilines is 1. The summed E-state index contributed by atoms with van der Waals surface area (Å²) in [6.07, 6.45) is -0.480. The van der Waals surface area contributed by atoms with Crippen LogP contribution in [-0.2, 0) is 4.79 Å². The summed E-state index contributed by atoms with van der Waals surface area (Å²) in [5.41, 5.74) is 1.43. The third-order valence-corrected chi connectivity index (χ3v) is 4.47. The lowest BCUT2D eigenvalue weighted by atomic mass is 10.2. The fourth-order valence-electron chi connectivity index (χ4n) is 2.63. The van der Waals surface area contributed by atoms with Gasteiger partial charge in [-0.1, -0.05) is 24.6 Å². The van der Waals surface area contributed by atoms with Gasteiger partial charge in [-0.25, -0.2) is 4.39 Å². The molecule has 0 aliphatic carbocycles. The minimum atomic E-state index is -0.848. The smallest absolute Gasteiger partial charge is 0.271 e. The molecule has 0 bridgehead atoms. The maximum Gasteiger partial charge on any atom is 0.271 e. The fraction of sp³-hybridized carbons (Fsp3) is 0.190. The summed E-state index contributed by atoms with van der Waals surface area (Å²) in [6.45, 7) is 3.69. The topological polar surface area (TPSA) is 73.2 Å². The second kappa shape index (κ2) is 8.87. The highest BCUT2D eigenvalue weighted by Gasteiger charge is 2.20. The quantitative estimate of drug-likeness (QED) is 0.657. The zero-order chi connectivity index (χ0) is 21.0. The maximum absolute atomic E-state index is 13.1. The summed E-state index contributed by atoms with van der Waals surface area (Å²) >= 11 is 6.17. The lowest BCUT2D eigenvalue weighted by Gasteiger charge is -2.17. The number of aryl methyl sites for hydroxylation is 1. The standard InChI is InChI=1S/C21H19ClFN3O3/c1-3-18(21(28)24-17-9-4-13(2)12-16(17)22)29-19-10-11-20(27)26(25-19)15-7-5-14(23)6-8-15/h4-12,18H,3H2,1-2H3,(H,24,28)/t18-/m0/s1. The van der Waals surface area contributed by atoms with Crippen molar-refractivity contribution < 1.29 is 13.9 Å². The van der Waals surface area contributed by atoms with Crippen LogP contribution in [0.25, 0.3) is 5.69 Å². The van der Waals surface area contributed by atoms with Gasteiger partial charge in [0.2, 0.25) is 5.88 Å². The molecule has 3 aromatic rings. The van der Waals surface area contributed by atoms with Crippen LogP contribution in [0.5, 0.6) is 5.88 Å². The van der Waals surface area contributed by atoms with Gasteiger partial charge < -0.3 is 10.1 Å². The zero-order valence-electron chi connectivity index (χ0n) is 15.9. The Kier molecular flexibility index (Phi) is 6.29. The molecule has 1 aromatic heterocycles. The largest absolute Gasteiger partial charge is 0.463 e. The van der Waals surface area contributed by atoms with Gasteiger partial charge in [0.1, 0.15) is 5.82 Å². The number of nitrogens with zero attached hydrogens (tertiary/aromatic N) is 2. The molecule has 0 radical (unpaired) electrons. The van der Waals surface area contributed by atoms with Crippen molar-refractivity contribution >= 4 is 23.2 Å². The van der Waals surface area contributed by atoms with Crippen LogP contribution < -0.4 is 15.6 Å². The first kappa shape index (κ1) is 20.5. The van der Waals surface area contributed by atoms with Crippen molar-refractivity contribution in [2.24, 2.45) is 0 Å². The zero-order valence-corrected chi connectivity index (χ0v) is 16.6. The monoisotopic (exact) mass is 415 g/mol. The van der Waals surface area contributed by atoms with E-state index in [1.807, 2.05) is 13.0 Å². The Labute approximate surface area is 171 Å². The van der Waals surface area contributed by atoms with Gasteiger partial charge in [0, 0.05) is 12.1 Å². The van der Waals surface area contributed by atoms with E-state index in [0.717, 1.165) is 10.2 Å². The second-order valence-corrected chi connectivity index (χ2v) is 6.79.